The van der Waals surface area contributed by atoms with E-state index in [0.717, 1.165) is 49.2 Å². The highest BCUT2D eigenvalue weighted by atomic mass is 16.5. The van der Waals surface area contributed by atoms with Crippen LogP contribution in [0.4, 0.5) is 0 Å². The van der Waals surface area contributed by atoms with Crippen molar-refractivity contribution in [3.05, 3.63) is 29.3 Å². The van der Waals surface area contributed by atoms with Gasteiger partial charge < -0.3 is 9.84 Å². The molecule has 102 valence electrons. The lowest BCUT2D eigenvalue weighted by Crippen LogP contribution is -2.23. The van der Waals surface area contributed by atoms with Gasteiger partial charge in [0.15, 0.2) is 0 Å². The average molecular weight is 250 g/mol. The summed E-state index contributed by atoms with van der Waals surface area (Å²) in [5.74, 6) is 0.932. The van der Waals surface area contributed by atoms with Crippen LogP contribution in [0.3, 0.4) is 0 Å². The van der Waals surface area contributed by atoms with Gasteiger partial charge in [-0.2, -0.15) is 0 Å². The minimum atomic E-state index is -0.702. The Kier molecular flexibility index (Phi) is 5.67. The fraction of sp³-hybridized carbons (Fsp3) is 0.625. The molecule has 0 saturated carbocycles. The van der Waals surface area contributed by atoms with Crippen LogP contribution in [0, 0.1) is 6.92 Å². The smallest absolute Gasteiger partial charge is 0.122 e. The number of benzene rings is 1. The van der Waals surface area contributed by atoms with E-state index < -0.39 is 5.60 Å². The largest absolute Gasteiger partial charge is 0.493 e. The average Bonchev–Trinajstić information content (AvgIpc) is 2.40. The molecule has 1 aromatic rings. The van der Waals surface area contributed by atoms with Crippen molar-refractivity contribution < 1.29 is 9.84 Å². The second kappa shape index (κ2) is 6.79. The van der Waals surface area contributed by atoms with Crippen LogP contribution in [0.15, 0.2) is 18.2 Å². The van der Waals surface area contributed by atoms with Crippen molar-refractivity contribution >= 4 is 0 Å². The topological polar surface area (TPSA) is 29.5 Å². The summed E-state index contributed by atoms with van der Waals surface area (Å²) in [6.45, 7) is 9.00. The van der Waals surface area contributed by atoms with Crippen LogP contribution >= 0.6 is 0 Å². The Hall–Kier alpha value is -1.02. The molecule has 0 spiro atoms. The number of aliphatic hydroxyl groups is 1. The maximum Gasteiger partial charge on any atom is 0.122 e. The highest BCUT2D eigenvalue weighted by Crippen LogP contribution is 2.31. The predicted octanol–water partition coefficient (Wildman–Crippen LogP) is 4.18. The van der Waals surface area contributed by atoms with Gasteiger partial charge in [0.25, 0.3) is 0 Å². The molecule has 0 aliphatic heterocycles. The van der Waals surface area contributed by atoms with E-state index in [-0.39, 0.29) is 0 Å². The minimum absolute atomic E-state index is 0.702. The summed E-state index contributed by atoms with van der Waals surface area (Å²) in [5.41, 5.74) is 1.39. The maximum absolute atomic E-state index is 10.5. The van der Waals surface area contributed by atoms with Gasteiger partial charge in [0, 0.05) is 0 Å². The number of rotatable bonds is 7. The van der Waals surface area contributed by atoms with Crippen LogP contribution in [-0.2, 0) is 5.60 Å². The van der Waals surface area contributed by atoms with Crippen molar-refractivity contribution in [2.24, 2.45) is 0 Å². The van der Waals surface area contributed by atoms with Gasteiger partial charge in [-0.25, -0.2) is 0 Å². The van der Waals surface area contributed by atoms with E-state index in [1.807, 2.05) is 39.0 Å². The van der Waals surface area contributed by atoms with Gasteiger partial charge >= 0.3 is 0 Å². The van der Waals surface area contributed by atoms with E-state index >= 15 is 0 Å². The monoisotopic (exact) mass is 250 g/mol. The Morgan fingerprint density at radius 1 is 1.17 bits per heavy atom. The molecule has 0 amide bonds. The van der Waals surface area contributed by atoms with Gasteiger partial charge in [0.2, 0.25) is 0 Å². The molecule has 0 heterocycles. The van der Waals surface area contributed by atoms with Gasteiger partial charge in [-0.05, 0) is 49.4 Å². The molecule has 2 heteroatoms. The van der Waals surface area contributed by atoms with E-state index in [4.69, 9.17) is 4.74 Å². The molecule has 0 aromatic heterocycles. The van der Waals surface area contributed by atoms with E-state index in [9.17, 15) is 5.11 Å². The third-order valence-electron chi connectivity index (χ3n) is 3.64. The van der Waals surface area contributed by atoms with Crippen LogP contribution in [0.25, 0.3) is 0 Å². The first kappa shape index (κ1) is 15.0. The first-order valence-electron chi connectivity index (χ1n) is 7.03. The second-order valence-corrected chi connectivity index (χ2v) is 4.92. The van der Waals surface area contributed by atoms with Gasteiger partial charge in [-0.3, -0.25) is 0 Å². The van der Waals surface area contributed by atoms with Crippen molar-refractivity contribution in [3.8, 4) is 5.75 Å². The van der Waals surface area contributed by atoms with Gasteiger partial charge in [0.05, 0.1) is 12.2 Å². The number of ether oxygens (including phenoxy) is 1. The first-order chi connectivity index (χ1) is 8.57. The molecule has 1 rings (SSSR count). The molecule has 0 saturated heterocycles. The lowest BCUT2D eigenvalue weighted by molar-refractivity contribution is 0.0283. The number of unbranched alkanes of at least 4 members (excludes halogenated alkanes) is 1. The van der Waals surface area contributed by atoms with Crippen molar-refractivity contribution in [3.63, 3.8) is 0 Å². The SMILES string of the molecule is CCCCOc1ccc(C(O)(CC)CC)cc1C. The van der Waals surface area contributed by atoms with Crippen molar-refractivity contribution in [2.75, 3.05) is 6.61 Å². The first-order valence-corrected chi connectivity index (χ1v) is 7.03. The number of hydrogen-bond acceptors (Lipinski definition) is 2. The molecular formula is C16H26O2. The molecule has 2 nitrogen and oxygen atoms in total. The Morgan fingerprint density at radius 2 is 1.83 bits per heavy atom. The lowest BCUT2D eigenvalue weighted by Gasteiger charge is -2.26. The fourth-order valence-electron chi connectivity index (χ4n) is 2.09. The molecule has 0 aliphatic carbocycles. The minimum Gasteiger partial charge on any atom is -0.493 e. The molecule has 0 unspecified atom stereocenters. The highest BCUT2D eigenvalue weighted by molar-refractivity contribution is 5.38. The second-order valence-electron chi connectivity index (χ2n) is 4.92. The summed E-state index contributed by atoms with van der Waals surface area (Å²) in [4.78, 5) is 0. The zero-order valence-corrected chi connectivity index (χ0v) is 12.1. The molecule has 18 heavy (non-hydrogen) atoms. The zero-order valence-electron chi connectivity index (χ0n) is 12.1. The lowest BCUT2D eigenvalue weighted by atomic mass is 9.88. The summed E-state index contributed by atoms with van der Waals surface area (Å²) in [5, 5.41) is 10.5. The highest BCUT2D eigenvalue weighted by Gasteiger charge is 2.25. The predicted molar refractivity (Wildman–Crippen MR) is 76.1 cm³/mol. The van der Waals surface area contributed by atoms with E-state index in [1.54, 1.807) is 0 Å². The Balaban J connectivity index is 2.85. The van der Waals surface area contributed by atoms with Crippen LogP contribution in [0.5, 0.6) is 5.75 Å². The van der Waals surface area contributed by atoms with Crippen LogP contribution in [-0.4, -0.2) is 11.7 Å². The van der Waals surface area contributed by atoms with Crippen molar-refractivity contribution in [1.29, 1.82) is 0 Å². The third kappa shape index (κ3) is 3.49. The van der Waals surface area contributed by atoms with Crippen molar-refractivity contribution in [2.45, 2.75) is 59.0 Å². The Labute approximate surface area is 111 Å². The zero-order chi connectivity index (χ0) is 13.6. The van der Waals surface area contributed by atoms with E-state index in [0.29, 0.717) is 0 Å². The molecule has 0 bridgehead atoms. The third-order valence-corrected chi connectivity index (χ3v) is 3.64. The maximum atomic E-state index is 10.5. The van der Waals surface area contributed by atoms with Gasteiger partial charge in [-0.1, -0.05) is 33.3 Å². The van der Waals surface area contributed by atoms with Crippen LogP contribution in [0.1, 0.15) is 57.6 Å². The summed E-state index contributed by atoms with van der Waals surface area (Å²) < 4.78 is 5.73. The molecular weight excluding hydrogens is 224 g/mol. The quantitative estimate of drug-likeness (QED) is 0.736. The van der Waals surface area contributed by atoms with Crippen molar-refractivity contribution in [1.82, 2.24) is 0 Å². The molecule has 1 aromatic carbocycles. The molecule has 1 N–H and O–H groups in total. The summed E-state index contributed by atoms with van der Waals surface area (Å²) >= 11 is 0. The fourth-order valence-corrected chi connectivity index (χ4v) is 2.09. The summed E-state index contributed by atoms with van der Waals surface area (Å²) in [7, 11) is 0. The van der Waals surface area contributed by atoms with E-state index in [1.165, 1.54) is 0 Å². The Bertz CT molecular complexity index is 367. The molecule has 0 radical (unpaired) electrons. The van der Waals surface area contributed by atoms with Crippen LogP contribution in [0.2, 0.25) is 0 Å². The molecule has 0 fully saturated rings. The molecule has 0 atom stereocenters. The van der Waals surface area contributed by atoms with Gasteiger partial charge in [-0.15, -0.1) is 0 Å². The van der Waals surface area contributed by atoms with E-state index in [2.05, 4.69) is 6.92 Å². The number of hydrogen-bond donors (Lipinski definition) is 1. The summed E-state index contributed by atoms with van der Waals surface area (Å²) in [6, 6.07) is 6.02. The van der Waals surface area contributed by atoms with Gasteiger partial charge in [0.1, 0.15) is 5.75 Å². The normalized spacial score (nSPS) is 11.6. The molecule has 0 aliphatic rings. The standard InChI is InChI=1S/C16H26O2/c1-5-8-11-18-15-10-9-14(12-13(15)4)16(17,6-2)7-3/h9-10,12,17H,5-8,11H2,1-4H3. The van der Waals surface area contributed by atoms with Crippen LogP contribution < -0.4 is 4.74 Å². The number of aryl methyl sites for hydroxylation is 1. The Morgan fingerprint density at radius 3 is 2.33 bits per heavy atom. The summed E-state index contributed by atoms with van der Waals surface area (Å²) in [6.07, 6.45) is 3.69.